The van der Waals surface area contributed by atoms with Gasteiger partial charge in [-0.15, -0.1) is 0 Å². The monoisotopic (exact) mass is 610 g/mol. The molecule has 5 rings (SSSR count). The van der Waals surface area contributed by atoms with Crippen LogP contribution in [0.15, 0.2) is 53.0 Å². The molecule has 1 amide bonds. The van der Waals surface area contributed by atoms with Gasteiger partial charge in [0.2, 0.25) is 5.91 Å². The minimum atomic E-state index is -2.52. The van der Waals surface area contributed by atoms with E-state index in [1.165, 1.54) is 5.56 Å². The van der Waals surface area contributed by atoms with Crippen LogP contribution in [0.2, 0.25) is 0 Å². The van der Waals surface area contributed by atoms with Gasteiger partial charge in [-0.3, -0.25) is 14.5 Å². The first-order valence-corrected chi connectivity index (χ1v) is 15.6. The highest BCUT2D eigenvalue weighted by Crippen LogP contribution is 2.38. The molecule has 1 aromatic heterocycles. The van der Waals surface area contributed by atoms with Gasteiger partial charge in [0.1, 0.15) is 0 Å². The quantitative estimate of drug-likeness (QED) is 0.415. The zero-order chi connectivity index (χ0) is 31.2. The molecule has 1 aromatic carbocycles. The van der Waals surface area contributed by atoms with Gasteiger partial charge in [-0.05, 0) is 61.1 Å². The summed E-state index contributed by atoms with van der Waals surface area (Å²) in [4.78, 5) is 33.4. The average Bonchev–Trinajstić information content (AvgIpc) is 3.01. The van der Waals surface area contributed by atoms with E-state index in [1.807, 2.05) is 56.0 Å². The summed E-state index contributed by atoms with van der Waals surface area (Å²) in [5, 5.41) is 2.97. The molecule has 44 heavy (non-hydrogen) atoms. The van der Waals surface area contributed by atoms with Crippen LogP contribution in [-0.2, 0) is 27.4 Å². The van der Waals surface area contributed by atoms with Crippen LogP contribution in [0.25, 0.3) is 5.57 Å². The van der Waals surface area contributed by atoms with E-state index in [0.717, 1.165) is 60.9 Å². The van der Waals surface area contributed by atoms with Gasteiger partial charge in [0, 0.05) is 68.3 Å². The minimum absolute atomic E-state index is 0.0860. The van der Waals surface area contributed by atoms with Gasteiger partial charge in [0.15, 0.2) is 0 Å². The second-order valence-electron chi connectivity index (χ2n) is 12.1. The molecule has 2 aliphatic heterocycles. The number of ether oxygens (including phenoxy) is 2. The summed E-state index contributed by atoms with van der Waals surface area (Å²) < 4.78 is 39.0. The molecule has 238 valence electrons. The van der Waals surface area contributed by atoms with Gasteiger partial charge in [0.25, 0.3) is 12.0 Å². The van der Waals surface area contributed by atoms with Crippen LogP contribution in [0.1, 0.15) is 47.7 Å². The SMILES string of the molecule is Cc1cc(C)c(CNC(=O)C2C=C(c3ccc(CN4CCOCC4)cc3)C=C(N(CC(F)F)C3CCOCC3)C2C)c(=O)[nH]1. The second-order valence-corrected chi connectivity index (χ2v) is 12.1. The molecular weight excluding hydrogens is 566 g/mol. The lowest BCUT2D eigenvalue weighted by Crippen LogP contribution is -2.46. The van der Waals surface area contributed by atoms with E-state index in [-0.39, 0.29) is 30.0 Å². The van der Waals surface area contributed by atoms with Crippen LogP contribution in [0, 0.1) is 25.7 Å². The minimum Gasteiger partial charge on any atom is -0.381 e. The van der Waals surface area contributed by atoms with Crippen molar-refractivity contribution < 1.29 is 23.0 Å². The first-order valence-electron chi connectivity index (χ1n) is 15.6. The van der Waals surface area contributed by atoms with E-state index in [0.29, 0.717) is 31.6 Å². The third-order valence-electron chi connectivity index (χ3n) is 9.00. The molecule has 2 saturated heterocycles. The number of benzene rings is 1. The van der Waals surface area contributed by atoms with Gasteiger partial charge in [-0.2, -0.15) is 0 Å². The van der Waals surface area contributed by atoms with Crippen molar-refractivity contribution in [3.05, 3.63) is 86.5 Å². The number of allylic oxidation sites excluding steroid dienone is 3. The number of aryl methyl sites for hydroxylation is 2. The number of rotatable bonds is 10. The number of aromatic amines is 1. The molecule has 2 fully saturated rings. The maximum absolute atomic E-state index is 14.0. The van der Waals surface area contributed by atoms with Crippen LogP contribution in [-0.4, -0.2) is 79.2 Å². The Hall–Kier alpha value is -3.34. The fourth-order valence-corrected chi connectivity index (χ4v) is 6.51. The third-order valence-corrected chi connectivity index (χ3v) is 9.00. The molecule has 2 N–H and O–H groups in total. The molecule has 10 heteroatoms. The summed E-state index contributed by atoms with van der Waals surface area (Å²) in [6.45, 7) is 10.4. The van der Waals surface area contributed by atoms with Crippen LogP contribution in [0.4, 0.5) is 8.78 Å². The van der Waals surface area contributed by atoms with Gasteiger partial charge in [0.05, 0.1) is 25.7 Å². The van der Waals surface area contributed by atoms with Gasteiger partial charge >= 0.3 is 0 Å². The number of alkyl halides is 2. The summed E-state index contributed by atoms with van der Waals surface area (Å²) in [6.07, 6.45) is 2.70. The maximum atomic E-state index is 14.0. The largest absolute Gasteiger partial charge is 0.381 e. The number of halogens is 2. The lowest BCUT2D eigenvalue weighted by molar-refractivity contribution is -0.125. The smallest absolute Gasteiger partial charge is 0.255 e. The van der Waals surface area contributed by atoms with Crippen molar-refractivity contribution in [3.8, 4) is 0 Å². The van der Waals surface area contributed by atoms with E-state index in [9.17, 15) is 18.4 Å². The summed E-state index contributed by atoms with van der Waals surface area (Å²) in [7, 11) is 0. The van der Waals surface area contributed by atoms with Crippen molar-refractivity contribution in [2.24, 2.45) is 11.8 Å². The standard InChI is InChI=1S/C34H44F2N4O4/c1-22-16-23(2)38-34(42)30(22)19-37-33(41)29-17-27(26-6-4-25(5-7-26)20-39-10-14-44-15-11-39)18-31(24(29)3)40(21-32(35)36)28-8-12-43-13-9-28/h4-7,16-18,24,28-29,32H,8-15,19-21H2,1-3H3,(H,37,41)(H,38,42). The van der Waals surface area contributed by atoms with E-state index in [4.69, 9.17) is 9.47 Å². The Morgan fingerprint density at radius 1 is 1.09 bits per heavy atom. The number of amides is 1. The Labute approximate surface area is 258 Å². The first-order chi connectivity index (χ1) is 21.2. The number of hydrogen-bond acceptors (Lipinski definition) is 6. The Morgan fingerprint density at radius 3 is 2.43 bits per heavy atom. The average molecular weight is 611 g/mol. The molecule has 2 unspecified atom stereocenters. The molecule has 3 aliphatic rings. The number of morpholine rings is 1. The second kappa shape index (κ2) is 14.6. The fourth-order valence-electron chi connectivity index (χ4n) is 6.51. The van der Waals surface area contributed by atoms with E-state index >= 15 is 0 Å². The Morgan fingerprint density at radius 2 is 1.77 bits per heavy atom. The molecule has 0 radical (unpaired) electrons. The molecule has 8 nitrogen and oxygen atoms in total. The summed E-state index contributed by atoms with van der Waals surface area (Å²) in [5.41, 5.74) is 5.50. The molecule has 0 saturated carbocycles. The van der Waals surface area contributed by atoms with Crippen LogP contribution < -0.4 is 10.9 Å². The summed E-state index contributed by atoms with van der Waals surface area (Å²) in [6, 6.07) is 10.1. The number of nitrogens with one attached hydrogen (secondary N) is 2. The fraction of sp³-hybridized carbons (Fsp3) is 0.529. The van der Waals surface area contributed by atoms with E-state index < -0.39 is 18.9 Å². The number of carbonyl (C=O) groups is 1. The lowest BCUT2D eigenvalue weighted by Gasteiger charge is -2.42. The Bertz CT molecular complexity index is 1410. The number of carbonyl (C=O) groups excluding carboxylic acids is 1. The van der Waals surface area contributed by atoms with Gasteiger partial charge in [-0.25, -0.2) is 8.78 Å². The van der Waals surface area contributed by atoms with Crippen LogP contribution in [0.3, 0.4) is 0 Å². The summed E-state index contributed by atoms with van der Waals surface area (Å²) >= 11 is 0. The maximum Gasteiger partial charge on any atom is 0.255 e. The van der Waals surface area contributed by atoms with Crippen molar-refractivity contribution in [3.63, 3.8) is 0 Å². The third kappa shape index (κ3) is 7.83. The predicted octanol–water partition coefficient (Wildman–Crippen LogP) is 4.42. The number of hydrogen-bond donors (Lipinski definition) is 2. The van der Waals surface area contributed by atoms with Crippen LogP contribution in [0.5, 0.6) is 0 Å². The van der Waals surface area contributed by atoms with Crippen molar-refractivity contribution >= 4 is 11.5 Å². The Balaban J connectivity index is 1.44. The topological polar surface area (TPSA) is 86.9 Å². The summed E-state index contributed by atoms with van der Waals surface area (Å²) in [5.74, 6) is -1.20. The predicted molar refractivity (Wildman–Crippen MR) is 166 cm³/mol. The highest BCUT2D eigenvalue weighted by Gasteiger charge is 2.36. The molecule has 2 atom stereocenters. The van der Waals surface area contributed by atoms with Gasteiger partial charge in [-0.1, -0.05) is 37.3 Å². The van der Waals surface area contributed by atoms with Crippen molar-refractivity contribution in [2.75, 3.05) is 46.1 Å². The molecule has 0 spiro atoms. The van der Waals surface area contributed by atoms with E-state index in [2.05, 4.69) is 27.3 Å². The van der Waals surface area contributed by atoms with Crippen molar-refractivity contribution in [1.82, 2.24) is 20.1 Å². The Kier molecular flexibility index (Phi) is 10.7. The lowest BCUT2D eigenvalue weighted by atomic mass is 9.80. The first kappa shape index (κ1) is 32.1. The molecule has 3 heterocycles. The zero-order valence-electron chi connectivity index (χ0n) is 25.9. The van der Waals surface area contributed by atoms with E-state index in [1.54, 1.807) is 0 Å². The number of nitrogens with zero attached hydrogens (tertiary/aromatic N) is 2. The molecule has 0 bridgehead atoms. The zero-order valence-corrected chi connectivity index (χ0v) is 25.9. The normalized spacial score (nSPS) is 21.6. The molecule has 2 aromatic rings. The highest BCUT2D eigenvalue weighted by molar-refractivity contribution is 5.87. The number of H-pyrrole nitrogens is 1. The molecular formula is C34H44F2N4O4. The number of aromatic nitrogens is 1. The molecule has 1 aliphatic carbocycles. The number of pyridine rings is 1. The van der Waals surface area contributed by atoms with Crippen molar-refractivity contribution in [1.29, 1.82) is 0 Å². The van der Waals surface area contributed by atoms with Gasteiger partial charge < -0.3 is 24.7 Å². The van der Waals surface area contributed by atoms with Crippen LogP contribution >= 0.6 is 0 Å². The highest BCUT2D eigenvalue weighted by atomic mass is 19.3. The van der Waals surface area contributed by atoms with Crippen molar-refractivity contribution in [2.45, 2.75) is 59.2 Å².